The highest BCUT2D eigenvalue weighted by Crippen LogP contribution is 2.39. The van der Waals surface area contributed by atoms with Crippen LogP contribution in [0.15, 0.2) is 11.6 Å². The standard InChI is InChI=1S/C11H17NO/c1-6-4-9-10(5-12-11(9)13)8(3)7(6)2/h4,7-10H,5H2,1-3H3,(H,12,13)/t7-,8-,9+,10-/m0/s1. The van der Waals surface area contributed by atoms with Crippen molar-refractivity contribution in [1.29, 1.82) is 0 Å². The van der Waals surface area contributed by atoms with E-state index >= 15 is 0 Å². The monoisotopic (exact) mass is 179 g/mol. The second-order valence-corrected chi connectivity index (χ2v) is 4.49. The van der Waals surface area contributed by atoms with Crippen LogP contribution in [-0.4, -0.2) is 12.5 Å². The molecule has 0 unspecified atom stereocenters. The summed E-state index contributed by atoms with van der Waals surface area (Å²) in [7, 11) is 0. The molecule has 1 saturated heterocycles. The Morgan fingerprint density at radius 1 is 1.46 bits per heavy atom. The van der Waals surface area contributed by atoms with Crippen LogP contribution >= 0.6 is 0 Å². The van der Waals surface area contributed by atoms with Crippen molar-refractivity contribution in [3.63, 3.8) is 0 Å². The van der Waals surface area contributed by atoms with E-state index in [4.69, 9.17) is 0 Å². The summed E-state index contributed by atoms with van der Waals surface area (Å²) >= 11 is 0. The van der Waals surface area contributed by atoms with E-state index in [1.807, 2.05) is 0 Å². The Labute approximate surface area is 79.4 Å². The van der Waals surface area contributed by atoms with E-state index in [1.54, 1.807) is 0 Å². The molecule has 0 aromatic rings. The lowest BCUT2D eigenvalue weighted by molar-refractivity contribution is -0.122. The number of hydrogen-bond donors (Lipinski definition) is 1. The van der Waals surface area contributed by atoms with Crippen molar-refractivity contribution in [1.82, 2.24) is 5.32 Å². The van der Waals surface area contributed by atoms with Crippen molar-refractivity contribution in [2.75, 3.05) is 6.54 Å². The molecule has 2 nitrogen and oxygen atoms in total. The summed E-state index contributed by atoms with van der Waals surface area (Å²) in [6.45, 7) is 7.54. The normalized spacial score (nSPS) is 43.9. The van der Waals surface area contributed by atoms with E-state index < -0.39 is 0 Å². The topological polar surface area (TPSA) is 29.1 Å². The van der Waals surface area contributed by atoms with Gasteiger partial charge in [-0.15, -0.1) is 0 Å². The third-order valence-electron chi connectivity index (χ3n) is 3.90. The highest BCUT2D eigenvalue weighted by Gasteiger charge is 2.41. The van der Waals surface area contributed by atoms with E-state index in [-0.39, 0.29) is 11.8 Å². The highest BCUT2D eigenvalue weighted by atomic mass is 16.2. The first-order chi connectivity index (χ1) is 6.11. The molecule has 0 aromatic carbocycles. The van der Waals surface area contributed by atoms with Crippen LogP contribution < -0.4 is 5.32 Å². The maximum atomic E-state index is 11.5. The van der Waals surface area contributed by atoms with Gasteiger partial charge in [-0.2, -0.15) is 0 Å². The van der Waals surface area contributed by atoms with Crippen LogP contribution in [0.5, 0.6) is 0 Å². The number of rotatable bonds is 0. The molecule has 1 heterocycles. The number of amides is 1. The maximum absolute atomic E-state index is 11.5. The van der Waals surface area contributed by atoms with Gasteiger partial charge < -0.3 is 5.32 Å². The average Bonchev–Trinajstić information content (AvgIpc) is 2.45. The number of fused-ring (bicyclic) bond motifs is 1. The molecule has 1 fully saturated rings. The number of hydrogen-bond acceptors (Lipinski definition) is 1. The van der Waals surface area contributed by atoms with Gasteiger partial charge in [-0.05, 0) is 24.7 Å². The molecule has 2 aliphatic rings. The molecule has 2 heteroatoms. The van der Waals surface area contributed by atoms with Crippen LogP contribution in [-0.2, 0) is 4.79 Å². The zero-order valence-electron chi connectivity index (χ0n) is 8.50. The highest BCUT2D eigenvalue weighted by molar-refractivity contribution is 5.83. The lowest BCUT2D eigenvalue weighted by Gasteiger charge is -2.33. The number of allylic oxidation sites excluding steroid dienone is 1. The molecule has 2 rings (SSSR count). The lowest BCUT2D eigenvalue weighted by atomic mass is 9.70. The predicted molar refractivity (Wildman–Crippen MR) is 52.1 cm³/mol. The SMILES string of the molecule is CC1=C[C@H]2C(=O)NC[C@H]2[C@@H](C)[C@H]1C. The first-order valence-corrected chi connectivity index (χ1v) is 5.07. The molecule has 1 aliphatic carbocycles. The van der Waals surface area contributed by atoms with Gasteiger partial charge in [0, 0.05) is 6.54 Å². The van der Waals surface area contributed by atoms with Crippen molar-refractivity contribution in [2.45, 2.75) is 20.8 Å². The summed E-state index contributed by atoms with van der Waals surface area (Å²) in [6, 6.07) is 0. The van der Waals surface area contributed by atoms with E-state index in [9.17, 15) is 4.79 Å². The zero-order chi connectivity index (χ0) is 9.59. The Balaban J connectivity index is 2.32. The van der Waals surface area contributed by atoms with Crippen molar-refractivity contribution in [3.05, 3.63) is 11.6 Å². The van der Waals surface area contributed by atoms with Crippen LogP contribution in [0.4, 0.5) is 0 Å². The summed E-state index contributed by atoms with van der Waals surface area (Å²) < 4.78 is 0. The van der Waals surface area contributed by atoms with E-state index in [0.717, 1.165) is 6.54 Å². The van der Waals surface area contributed by atoms with Crippen LogP contribution in [0.1, 0.15) is 20.8 Å². The first-order valence-electron chi connectivity index (χ1n) is 5.07. The third-order valence-corrected chi connectivity index (χ3v) is 3.90. The Kier molecular flexibility index (Phi) is 1.94. The van der Waals surface area contributed by atoms with E-state index in [0.29, 0.717) is 17.8 Å². The van der Waals surface area contributed by atoms with Gasteiger partial charge in [-0.25, -0.2) is 0 Å². The summed E-state index contributed by atoms with van der Waals surface area (Å²) in [4.78, 5) is 11.5. The summed E-state index contributed by atoms with van der Waals surface area (Å²) in [6.07, 6.45) is 2.16. The molecule has 1 amide bonds. The van der Waals surface area contributed by atoms with Crippen LogP contribution in [0.2, 0.25) is 0 Å². The Hall–Kier alpha value is -0.790. The van der Waals surface area contributed by atoms with Crippen molar-refractivity contribution >= 4 is 5.91 Å². The second kappa shape index (κ2) is 2.86. The molecule has 13 heavy (non-hydrogen) atoms. The van der Waals surface area contributed by atoms with Gasteiger partial charge in [-0.3, -0.25) is 4.79 Å². The van der Waals surface area contributed by atoms with Gasteiger partial charge >= 0.3 is 0 Å². The Bertz CT molecular complexity index is 269. The molecule has 0 aromatic heterocycles. The van der Waals surface area contributed by atoms with Gasteiger partial charge in [-0.1, -0.05) is 25.5 Å². The molecule has 0 spiro atoms. The minimum absolute atomic E-state index is 0.159. The minimum Gasteiger partial charge on any atom is -0.355 e. The molecule has 72 valence electrons. The fraction of sp³-hybridized carbons (Fsp3) is 0.727. The smallest absolute Gasteiger partial charge is 0.227 e. The molecule has 0 bridgehead atoms. The number of nitrogens with one attached hydrogen (secondary N) is 1. The third kappa shape index (κ3) is 1.19. The summed E-state index contributed by atoms with van der Waals surface area (Å²) in [5.74, 6) is 2.18. The molecule has 0 radical (unpaired) electrons. The molecule has 1 N–H and O–H groups in total. The van der Waals surface area contributed by atoms with Gasteiger partial charge in [0.25, 0.3) is 0 Å². The minimum atomic E-state index is 0.159. The molecular formula is C11H17NO. The van der Waals surface area contributed by atoms with Crippen LogP contribution in [0.25, 0.3) is 0 Å². The first kappa shape index (κ1) is 8.79. The molecule has 0 saturated carbocycles. The van der Waals surface area contributed by atoms with Crippen LogP contribution in [0, 0.1) is 23.7 Å². The largest absolute Gasteiger partial charge is 0.355 e. The van der Waals surface area contributed by atoms with Crippen molar-refractivity contribution in [2.24, 2.45) is 23.7 Å². The van der Waals surface area contributed by atoms with Gasteiger partial charge in [0.1, 0.15) is 0 Å². The zero-order valence-corrected chi connectivity index (χ0v) is 8.50. The van der Waals surface area contributed by atoms with E-state index in [1.165, 1.54) is 5.57 Å². The maximum Gasteiger partial charge on any atom is 0.227 e. The van der Waals surface area contributed by atoms with Crippen molar-refractivity contribution in [3.8, 4) is 0 Å². The second-order valence-electron chi connectivity index (χ2n) is 4.49. The predicted octanol–water partition coefficient (Wildman–Crippen LogP) is 1.58. The van der Waals surface area contributed by atoms with Gasteiger partial charge in [0.15, 0.2) is 0 Å². The van der Waals surface area contributed by atoms with E-state index in [2.05, 4.69) is 32.2 Å². The summed E-state index contributed by atoms with van der Waals surface area (Å²) in [5, 5.41) is 2.95. The fourth-order valence-corrected chi connectivity index (χ4v) is 2.59. The molecule has 1 aliphatic heterocycles. The Morgan fingerprint density at radius 2 is 2.15 bits per heavy atom. The molecular weight excluding hydrogens is 162 g/mol. The van der Waals surface area contributed by atoms with Crippen molar-refractivity contribution < 1.29 is 4.79 Å². The van der Waals surface area contributed by atoms with Gasteiger partial charge in [0.05, 0.1) is 5.92 Å². The summed E-state index contributed by atoms with van der Waals surface area (Å²) in [5.41, 5.74) is 1.38. The van der Waals surface area contributed by atoms with Crippen LogP contribution in [0.3, 0.4) is 0 Å². The molecule has 4 atom stereocenters. The van der Waals surface area contributed by atoms with Gasteiger partial charge in [0.2, 0.25) is 5.91 Å². The Morgan fingerprint density at radius 3 is 2.85 bits per heavy atom. The lowest BCUT2D eigenvalue weighted by Crippen LogP contribution is -2.30. The number of carbonyl (C=O) groups excluding carboxylic acids is 1. The fourth-order valence-electron chi connectivity index (χ4n) is 2.59. The number of carbonyl (C=O) groups is 1. The quantitative estimate of drug-likeness (QED) is 0.562. The average molecular weight is 179 g/mol.